The van der Waals surface area contributed by atoms with Crippen molar-refractivity contribution in [3.8, 4) is 0 Å². The first-order valence-corrected chi connectivity index (χ1v) is 8.95. The third-order valence-electron chi connectivity index (χ3n) is 4.19. The van der Waals surface area contributed by atoms with Gasteiger partial charge in [0.15, 0.2) is 6.33 Å². The van der Waals surface area contributed by atoms with Gasteiger partial charge in [-0.3, -0.25) is 13.9 Å². The molecule has 0 amide bonds. The van der Waals surface area contributed by atoms with E-state index >= 15 is 0 Å². The highest BCUT2D eigenvalue weighted by Crippen LogP contribution is 2.37. The molecule has 0 aromatic carbocycles. The lowest BCUT2D eigenvalue weighted by Gasteiger charge is -2.14. The number of nitrogens with one attached hydrogen (secondary N) is 1. The van der Waals surface area contributed by atoms with E-state index in [1.54, 1.807) is 7.05 Å². The van der Waals surface area contributed by atoms with E-state index in [4.69, 9.17) is 14.5 Å². The number of rotatable bonds is 4. The van der Waals surface area contributed by atoms with Crippen molar-refractivity contribution in [1.29, 1.82) is 0 Å². The molecule has 2 aromatic rings. The second-order valence-corrected chi connectivity index (χ2v) is 7.20. The fourth-order valence-electron chi connectivity index (χ4n) is 2.86. The minimum atomic E-state index is -4.79. The molecule has 1 saturated heterocycles. The molecule has 3 rings (SSSR count). The van der Waals surface area contributed by atoms with Gasteiger partial charge in [-0.15, -0.1) is 0 Å². The standard InChI is InChI=1S/C12H17N4O9P/c1-14-4-16(9-6(14)10(19)15(2)12(20)13-9)11-8(18)7(17)5(25-11)3-24-26(21,22)23/h4-5,7-8,11,17-18H,3H2,1-2H3,(H2-,13,19,20,21,22,23)/p+1/t5-,7-,8-,11-/m1/s1. The zero-order valence-corrected chi connectivity index (χ0v) is 14.6. The van der Waals surface area contributed by atoms with Crippen molar-refractivity contribution >= 4 is 19.0 Å². The van der Waals surface area contributed by atoms with Crippen molar-refractivity contribution in [1.82, 2.24) is 14.1 Å². The number of aromatic nitrogens is 4. The van der Waals surface area contributed by atoms with Crippen LogP contribution in [0, 0.1) is 0 Å². The van der Waals surface area contributed by atoms with E-state index in [9.17, 15) is 24.4 Å². The van der Waals surface area contributed by atoms with Gasteiger partial charge in [0.25, 0.3) is 5.65 Å². The maximum Gasteiger partial charge on any atom is 0.469 e. The molecule has 0 radical (unpaired) electrons. The minimum Gasteiger partial charge on any atom is -0.387 e. The number of phosphoric ester groups is 1. The molecular formula is C12H18N4O9P+. The average molecular weight is 393 g/mol. The number of aliphatic hydroxyl groups is 2. The summed E-state index contributed by atoms with van der Waals surface area (Å²) in [5.74, 6) is 0. The Kier molecular flexibility index (Phi) is 4.65. The Labute approximate surface area is 144 Å². The van der Waals surface area contributed by atoms with Crippen LogP contribution in [0.3, 0.4) is 0 Å². The molecule has 0 aliphatic carbocycles. The highest BCUT2D eigenvalue weighted by atomic mass is 31.2. The number of fused-ring (bicyclic) bond motifs is 1. The van der Waals surface area contributed by atoms with Crippen LogP contribution in [0.25, 0.3) is 11.2 Å². The lowest BCUT2D eigenvalue weighted by molar-refractivity contribution is -0.746. The largest absolute Gasteiger partial charge is 0.469 e. The van der Waals surface area contributed by atoms with Crippen LogP contribution in [0.5, 0.6) is 0 Å². The predicted octanol–water partition coefficient (Wildman–Crippen LogP) is -3.42. The molecule has 13 nitrogen and oxygen atoms in total. The number of aryl methyl sites for hydroxylation is 1. The average Bonchev–Trinajstić information content (AvgIpc) is 3.01. The molecule has 0 bridgehead atoms. The molecule has 26 heavy (non-hydrogen) atoms. The topological polar surface area (TPSA) is 180 Å². The zero-order valence-electron chi connectivity index (χ0n) is 13.7. The maximum absolute atomic E-state index is 12.3. The molecule has 14 heteroatoms. The minimum absolute atomic E-state index is 0.0633. The summed E-state index contributed by atoms with van der Waals surface area (Å²) in [5, 5.41) is 20.3. The molecule has 1 fully saturated rings. The number of hydrogen-bond donors (Lipinski definition) is 5. The van der Waals surface area contributed by atoms with E-state index in [0.717, 1.165) is 4.57 Å². The van der Waals surface area contributed by atoms with E-state index in [0.29, 0.717) is 0 Å². The quantitative estimate of drug-likeness (QED) is 0.261. The van der Waals surface area contributed by atoms with E-state index in [2.05, 4.69) is 9.51 Å². The fourth-order valence-corrected chi connectivity index (χ4v) is 3.20. The number of hydrogen-bond acceptors (Lipinski definition) is 7. The van der Waals surface area contributed by atoms with Gasteiger partial charge in [-0.2, -0.15) is 0 Å². The van der Waals surface area contributed by atoms with Gasteiger partial charge in [-0.05, 0) is 0 Å². The number of H-pyrrole nitrogens is 1. The Balaban J connectivity index is 2.01. The summed E-state index contributed by atoms with van der Waals surface area (Å²) >= 11 is 0. The summed E-state index contributed by atoms with van der Waals surface area (Å²) in [6.07, 6.45) is -4.07. The van der Waals surface area contributed by atoms with Gasteiger partial charge in [-0.1, -0.05) is 0 Å². The Morgan fingerprint density at radius 2 is 1.96 bits per heavy atom. The number of phosphoric acid groups is 1. The van der Waals surface area contributed by atoms with Gasteiger partial charge < -0.3 is 24.7 Å². The van der Waals surface area contributed by atoms with Crippen LogP contribution < -0.4 is 15.8 Å². The van der Waals surface area contributed by atoms with E-state index in [1.165, 1.54) is 22.5 Å². The van der Waals surface area contributed by atoms with Gasteiger partial charge in [0, 0.05) is 7.05 Å². The number of ether oxygens (including phenoxy) is 1. The van der Waals surface area contributed by atoms with Crippen LogP contribution in [0.1, 0.15) is 6.23 Å². The lowest BCUT2D eigenvalue weighted by Crippen LogP contribution is -2.47. The third kappa shape index (κ3) is 3.14. The number of imidazole rings is 1. The summed E-state index contributed by atoms with van der Waals surface area (Å²) in [6, 6.07) is 0. The van der Waals surface area contributed by atoms with Crippen LogP contribution in [0.4, 0.5) is 0 Å². The molecule has 3 heterocycles. The fraction of sp³-hybridized carbons (Fsp3) is 0.583. The second-order valence-electron chi connectivity index (χ2n) is 5.96. The maximum atomic E-state index is 12.3. The Morgan fingerprint density at radius 1 is 1.31 bits per heavy atom. The van der Waals surface area contributed by atoms with Crippen molar-refractivity contribution < 1.29 is 38.4 Å². The van der Waals surface area contributed by atoms with Crippen LogP contribution in [-0.4, -0.2) is 59.0 Å². The van der Waals surface area contributed by atoms with Crippen LogP contribution in [0.15, 0.2) is 15.9 Å². The predicted molar refractivity (Wildman–Crippen MR) is 82.9 cm³/mol. The summed E-state index contributed by atoms with van der Waals surface area (Å²) < 4.78 is 24.1. The zero-order chi connectivity index (χ0) is 19.4. The first kappa shape index (κ1) is 18.9. The van der Waals surface area contributed by atoms with Gasteiger partial charge in [0.2, 0.25) is 11.7 Å². The van der Waals surface area contributed by atoms with Gasteiger partial charge in [0.1, 0.15) is 18.3 Å². The molecule has 0 spiro atoms. The van der Waals surface area contributed by atoms with E-state index < -0.39 is 50.2 Å². The Hall–Kier alpha value is -1.86. The Morgan fingerprint density at radius 3 is 2.58 bits per heavy atom. The molecule has 0 saturated carbocycles. The molecule has 144 valence electrons. The van der Waals surface area contributed by atoms with Crippen molar-refractivity contribution in [2.45, 2.75) is 24.5 Å². The lowest BCUT2D eigenvalue weighted by atomic mass is 10.1. The third-order valence-corrected chi connectivity index (χ3v) is 4.67. The molecule has 5 N–H and O–H groups in total. The van der Waals surface area contributed by atoms with Crippen LogP contribution in [-0.2, 0) is 27.9 Å². The van der Waals surface area contributed by atoms with E-state index in [-0.39, 0.29) is 11.2 Å². The summed E-state index contributed by atoms with van der Waals surface area (Å²) in [6.45, 7) is -0.664. The van der Waals surface area contributed by atoms with E-state index in [1.807, 2.05) is 0 Å². The monoisotopic (exact) mass is 393 g/mol. The molecular weight excluding hydrogens is 375 g/mol. The molecule has 0 unspecified atom stereocenters. The van der Waals surface area contributed by atoms with Crippen molar-refractivity contribution in [3.05, 3.63) is 27.2 Å². The van der Waals surface area contributed by atoms with Gasteiger partial charge in [-0.25, -0.2) is 23.5 Å². The first-order chi connectivity index (χ1) is 12.0. The second kappa shape index (κ2) is 6.39. The Bertz CT molecular complexity index is 1000. The van der Waals surface area contributed by atoms with Crippen LogP contribution >= 0.6 is 7.82 Å². The van der Waals surface area contributed by atoms with Gasteiger partial charge in [0.05, 0.1) is 13.7 Å². The normalized spacial score (nSPS) is 26.7. The van der Waals surface area contributed by atoms with Crippen molar-refractivity contribution in [2.75, 3.05) is 6.61 Å². The molecule has 1 aliphatic heterocycles. The SMILES string of the molecule is Cn1c(=O)[nH]c2c(c1=O)n(C)c[n+]2[C@@H]1O[C@H](COP(=O)(O)O)[C@@H](O)[C@H]1O. The van der Waals surface area contributed by atoms with Crippen molar-refractivity contribution in [3.63, 3.8) is 0 Å². The highest BCUT2D eigenvalue weighted by Gasteiger charge is 2.47. The smallest absolute Gasteiger partial charge is 0.387 e. The summed E-state index contributed by atoms with van der Waals surface area (Å²) in [4.78, 5) is 44.1. The van der Waals surface area contributed by atoms with Gasteiger partial charge >= 0.3 is 19.1 Å². The number of aliphatic hydroxyl groups excluding tert-OH is 2. The molecule has 4 atom stereocenters. The number of nitrogens with zero attached hydrogens (tertiary/aromatic N) is 3. The molecule has 1 aliphatic rings. The molecule has 2 aromatic heterocycles. The van der Waals surface area contributed by atoms with Crippen molar-refractivity contribution in [2.24, 2.45) is 14.1 Å². The van der Waals surface area contributed by atoms with Crippen LogP contribution in [0.2, 0.25) is 0 Å². The number of aromatic amines is 1. The summed E-state index contributed by atoms with van der Waals surface area (Å²) in [7, 11) is -1.94. The first-order valence-electron chi connectivity index (χ1n) is 7.42. The summed E-state index contributed by atoms with van der Waals surface area (Å²) in [5.41, 5.74) is -1.06. The highest BCUT2D eigenvalue weighted by molar-refractivity contribution is 7.46.